The van der Waals surface area contributed by atoms with E-state index in [1.165, 1.54) is 0 Å². The highest BCUT2D eigenvalue weighted by atomic mass is 16.1. The monoisotopic (exact) mass is 264 g/mol. The zero-order valence-corrected chi connectivity index (χ0v) is 11.6. The highest BCUT2D eigenvalue weighted by Crippen LogP contribution is 2.19. The van der Waals surface area contributed by atoms with Gasteiger partial charge >= 0.3 is 0 Å². The lowest BCUT2D eigenvalue weighted by Gasteiger charge is -2.24. The van der Waals surface area contributed by atoms with Gasteiger partial charge in [0.05, 0.1) is 5.54 Å². The molecule has 0 saturated carbocycles. The van der Waals surface area contributed by atoms with Gasteiger partial charge in [-0.15, -0.1) is 0 Å². The summed E-state index contributed by atoms with van der Waals surface area (Å²) >= 11 is 0. The number of rotatable bonds is 3. The number of carbonyl (C=O) groups is 1. The Balaban J connectivity index is 2.17. The second-order valence-corrected chi connectivity index (χ2v) is 4.96. The molecule has 1 aromatic heterocycles. The predicted molar refractivity (Wildman–Crippen MR) is 78.9 cm³/mol. The van der Waals surface area contributed by atoms with Crippen LogP contribution in [0, 0.1) is 11.8 Å². The van der Waals surface area contributed by atoms with Gasteiger partial charge in [0.2, 0.25) is 6.41 Å². The van der Waals surface area contributed by atoms with Crippen molar-refractivity contribution in [3.8, 4) is 11.8 Å². The van der Waals surface area contributed by atoms with E-state index in [0.29, 0.717) is 0 Å². The Morgan fingerprint density at radius 2 is 1.80 bits per heavy atom. The molecule has 20 heavy (non-hydrogen) atoms. The summed E-state index contributed by atoms with van der Waals surface area (Å²) in [6.07, 6.45) is 4.18. The van der Waals surface area contributed by atoms with Crippen LogP contribution in [0.5, 0.6) is 0 Å². The molecule has 0 aliphatic carbocycles. The van der Waals surface area contributed by atoms with Gasteiger partial charge in [0.15, 0.2) is 0 Å². The van der Waals surface area contributed by atoms with Crippen LogP contribution in [0.15, 0.2) is 48.8 Å². The first-order valence-corrected chi connectivity index (χ1v) is 6.36. The molecule has 3 nitrogen and oxygen atoms in total. The lowest BCUT2D eigenvalue weighted by atomic mass is 9.94. The van der Waals surface area contributed by atoms with E-state index < -0.39 is 0 Å². The van der Waals surface area contributed by atoms with Gasteiger partial charge in [-0.25, -0.2) is 0 Å². The Morgan fingerprint density at radius 1 is 1.10 bits per heavy atom. The van der Waals surface area contributed by atoms with E-state index in [1.807, 2.05) is 50.2 Å². The second kappa shape index (κ2) is 6.03. The third kappa shape index (κ3) is 3.46. The topological polar surface area (TPSA) is 42.0 Å². The molecule has 1 heterocycles. The van der Waals surface area contributed by atoms with Gasteiger partial charge in [-0.3, -0.25) is 9.78 Å². The summed E-state index contributed by atoms with van der Waals surface area (Å²) in [5, 5.41) is 2.79. The molecule has 0 fully saturated rings. The Labute approximate surface area is 119 Å². The minimum Gasteiger partial charge on any atom is -0.350 e. The molecule has 2 rings (SSSR count). The van der Waals surface area contributed by atoms with Crippen molar-refractivity contribution in [2.75, 3.05) is 0 Å². The van der Waals surface area contributed by atoms with Crippen LogP contribution in [-0.4, -0.2) is 11.4 Å². The highest BCUT2D eigenvalue weighted by Gasteiger charge is 2.18. The summed E-state index contributed by atoms with van der Waals surface area (Å²) in [7, 11) is 0. The first-order valence-electron chi connectivity index (χ1n) is 6.36. The van der Waals surface area contributed by atoms with E-state index in [2.05, 4.69) is 22.1 Å². The fourth-order valence-electron chi connectivity index (χ4n) is 1.78. The maximum absolute atomic E-state index is 10.6. The number of benzene rings is 1. The molecule has 0 bridgehead atoms. The van der Waals surface area contributed by atoms with E-state index in [4.69, 9.17) is 0 Å². The molecule has 0 saturated heterocycles. The van der Waals surface area contributed by atoms with Gasteiger partial charge in [-0.2, -0.15) is 0 Å². The molecule has 0 radical (unpaired) electrons. The fraction of sp³-hybridized carbons (Fsp3) is 0.176. The molecule has 0 atom stereocenters. The number of amides is 1. The average Bonchev–Trinajstić information content (AvgIpc) is 2.47. The summed E-state index contributed by atoms with van der Waals surface area (Å²) in [4.78, 5) is 14.6. The molecule has 0 unspecified atom stereocenters. The van der Waals surface area contributed by atoms with Crippen LogP contribution >= 0.6 is 0 Å². The Kier molecular flexibility index (Phi) is 4.17. The van der Waals surface area contributed by atoms with Crippen LogP contribution in [-0.2, 0) is 10.3 Å². The number of hydrogen-bond acceptors (Lipinski definition) is 2. The van der Waals surface area contributed by atoms with Crippen LogP contribution in [0.2, 0.25) is 0 Å². The molecule has 100 valence electrons. The van der Waals surface area contributed by atoms with Crippen molar-refractivity contribution in [1.82, 2.24) is 10.3 Å². The summed E-state index contributed by atoms with van der Waals surface area (Å²) in [5.41, 5.74) is 2.48. The SMILES string of the molecule is CC(C)(NC=O)c1ccc(C#Cc2cccnc2)cc1. The molecular formula is C17H16N2O. The van der Waals surface area contributed by atoms with Crippen molar-refractivity contribution >= 4 is 6.41 Å². The van der Waals surface area contributed by atoms with E-state index >= 15 is 0 Å². The molecule has 1 aromatic carbocycles. The van der Waals surface area contributed by atoms with Gasteiger partial charge in [0.1, 0.15) is 0 Å². The number of nitrogens with zero attached hydrogens (tertiary/aromatic N) is 1. The number of carbonyl (C=O) groups excluding carboxylic acids is 1. The Bertz CT molecular complexity index is 634. The van der Waals surface area contributed by atoms with E-state index in [-0.39, 0.29) is 5.54 Å². The van der Waals surface area contributed by atoms with Crippen molar-refractivity contribution in [2.45, 2.75) is 19.4 Å². The molecule has 0 aliphatic rings. The second-order valence-electron chi connectivity index (χ2n) is 4.96. The van der Waals surface area contributed by atoms with Gasteiger partial charge < -0.3 is 5.32 Å². The van der Waals surface area contributed by atoms with Gasteiger partial charge in [0.25, 0.3) is 0 Å². The molecule has 3 heteroatoms. The van der Waals surface area contributed by atoms with Crippen LogP contribution in [0.4, 0.5) is 0 Å². The maximum Gasteiger partial charge on any atom is 0.207 e. The van der Waals surface area contributed by atoms with E-state index in [1.54, 1.807) is 12.4 Å². The first kappa shape index (κ1) is 13.8. The fourth-order valence-corrected chi connectivity index (χ4v) is 1.78. The van der Waals surface area contributed by atoms with Crippen molar-refractivity contribution in [3.05, 3.63) is 65.5 Å². The predicted octanol–water partition coefficient (Wildman–Crippen LogP) is 2.46. The van der Waals surface area contributed by atoms with E-state index in [9.17, 15) is 4.79 Å². The third-order valence-electron chi connectivity index (χ3n) is 3.04. The summed E-state index contributed by atoms with van der Waals surface area (Å²) in [6, 6.07) is 11.6. The Morgan fingerprint density at radius 3 is 2.40 bits per heavy atom. The van der Waals surface area contributed by atoms with Crippen LogP contribution in [0.25, 0.3) is 0 Å². The molecular weight excluding hydrogens is 248 g/mol. The van der Waals surface area contributed by atoms with Gasteiger partial charge in [-0.05, 0) is 43.7 Å². The zero-order valence-electron chi connectivity index (χ0n) is 11.6. The number of nitrogens with one attached hydrogen (secondary N) is 1. The molecule has 0 spiro atoms. The standard InChI is InChI=1S/C17H16N2O/c1-17(2,19-13-20)16-9-7-14(8-10-16)5-6-15-4-3-11-18-12-15/h3-4,7-13H,1-2H3,(H,19,20). The molecule has 0 aliphatic heterocycles. The summed E-state index contributed by atoms with van der Waals surface area (Å²) < 4.78 is 0. The lowest BCUT2D eigenvalue weighted by Crippen LogP contribution is -2.35. The number of pyridine rings is 1. The normalized spacial score (nSPS) is 10.3. The first-order chi connectivity index (χ1) is 9.62. The lowest BCUT2D eigenvalue weighted by molar-refractivity contribution is -0.111. The summed E-state index contributed by atoms with van der Waals surface area (Å²) in [5.74, 6) is 6.15. The number of aromatic nitrogens is 1. The van der Waals surface area contributed by atoms with E-state index in [0.717, 1.165) is 23.1 Å². The van der Waals surface area contributed by atoms with Gasteiger partial charge in [-0.1, -0.05) is 24.0 Å². The maximum atomic E-state index is 10.6. The highest BCUT2D eigenvalue weighted by molar-refractivity contribution is 5.50. The Hall–Kier alpha value is -2.60. The van der Waals surface area contributed by atoms with Crippen molar-refractivity contribution in [1.29, 1.82) is 0 Å². The minimum absolute atomic E-state index is 0.378. The summed E-state index contributed by atoms with van der Waals surface area (Å²) in [6.45, 7) is 3.91. The van der Waals surface area contributed by atoms with Crippen molar-refractivity contribution in [3.63, 3.8) is 0 Å². The van der Waals surface area contributed by atoms with Gasteiger partial charge in [0, 0.05) is 23.5 Å². The third-order valence-corrected chi connectivity index (χ3v) is 3.04. The zero-order chi connectivity index (χ0) is 14.4. The van der Waals surface area contributed by atoms with Crippen molar-refractivity contribution < 1.29 is 4.79 Å². The molecule has 1 N–H and O–H groups in total. The van der Waals surface area contributed by atoms with Crippen molar-refractivity contribution in [2.24, 2.45) is 0 Å². The van der Waals surface area contributed by atoms with Crippen LogP contribution < -0.4 is 5.32 Å². The van der Waals surface area contributed by atoms with Crippen LogP contribution in [0.3, 0.4) is 0 Å². The quantitative estimate of drug-likeness (QED) is 0.683. The molecule has 1 amide bonds. The average molecular weight is 264 g/mol. The smallest absolute Gasteiger partial charge is 0.207 e. The van der Waals surface area contributed by atoms with Crippen LogP contribution in [0.1, 0.15) is 30.5 Å². The molecule has 2 aromatic rings. The minimum atomic E-state index is -0.378. The largest absolute Gasteiger partial charge is 0.350 e. The number of hydrogen-bond donors (Lipinski definition) is 1.